The number of carbonyl (C=O) groups is 6. The van der Waals surface area contributed by atoms with Crippen molar-refractivity contribution in [1.29, 1.82) is 0 Å². The molecule has 5 aromatic rings. The van der Waals surface area contributed by atoms with E-state index in [1.807, 2.05) is 0 Å². The van der Waals surface area contributed by atoms with Crippen LogP contribution < -0.4 is 30.7 Å². The van der Waals surface area contributed by atoms with Gasteiger partial charge in [0.05, 0.1) is 46.8 Å². The van der Waals surface area contributed by atoms with Crippen LogP contribution in [0, 0.1) is 0 Å². The second kappa shape index (κ2) is 25.8. The van der Waals surface area contributed by atoms with Gasteiger partial charge in [-0.15, -0.1) is 34.8 Å². The van der Waals surface area contributed by atoms with Crippen LogP contribution in [0.2, 0.25) is 10.0 Å². The van der Waals surface area contributed by atoms with E-state index in [4.69, 9.17) is 67.5 Å². The Hall–Kier alpha value is -6.43. The molecule has 21 heteroatoms. The van der Waals surface area contributed by atoms with Crippen LogP contribution in [0.5, 0.6) is 11.5 Å². The molecule has 4 amide bonds. The minimum Gasteiger partial charge on any atom is -0.496 e. The van der Waals surface area contributed by atoms with Gasteiger partial charge < -0.3 is 30.7 Å². The second-order valence-electron chi connectivity index (χ2n) is 14.8. The molecule has 0 radical (unpaired) electrons. The smallest absolute Gasteiger partial charge is 0.258 e. The molecule has 0 fully saturated rings. The van der Waals surface area contributed by atoms with Crippen LogP contribution in [-0.4, -0.2) is 79.1 Å². The van der Waals surface area contributed by atoms with Gasteiger partial charge in [-0.1, -0.05) is 35.3 Å². The van der Waals surface area contributed by atoms with E-state index in [1.54, 1.807) is 36.4 Å². The zero-order valence-corrected chi connectivity index (χ0v) is 41.3. The third kappa shape index (κ3) is 14.3. The molecule has 0 aliphatic rings. The van der Waals surface area contributed by atoms with Crippen LogP contribution in [-0.2, 0) is 38.4 Å². The first-order valence-electron chi connectivity index (χ1n) is 20.9. The minimum absolute atomic E-state index is 0.0487. The number of rotatable bonds is 22. The maximum absolute atomic E-state index is 13.5. The predicted molar refractivity (Wildman–Crippen MR) is 270 cm³/mol. The second-order valence-corrected chi connectivity index (χ2v) is 16.8. The summed E-state index contributed by atoms with van der Waals surface area (Å²) in [5.41, 5.74) is 3.63. The monoisotopic (exact) mass is 1040 g/mol. The highest BCUT2D eigenvalue weighted by molar-refractivity contribution is 6.35. The lowest BCUT2D eigenvalue weighted by Gasteiger charge is -2.16. The summed E-state index contributed by atoms with van der Waals surface area (Å²) in [6.45, 7) is 2.34. The van der Waals surface area contributed by atoms with Crippen LogP contribution in [0.25, 0.3) is 0 Å². The largest absolute Gasteiger partial charge is 0.496 e. The highest BCUT2D eigenvalue weighted by Gasteiger charge is 2.27. The topological polar surface area (TPSA) is 218 Å². The summed E-state index contributed by atoms with van der Waals surface area (Å²) < 4.78 is 10.8. The van der Waals surface area contributed by atoms with Crippen LogP contribution in [0.1, 0.15) is 51.3 Å². The molecule has 0 aliphatic heterocycles. The summed E-state index contributed by atoms with van der Waals surface area (Å²) >= 11 is 30.9. The van der Waals surface area contributed by atoms with Crippen molar-refractivity contribution in [2.45, 2.75) is 45.2 Å². The van der Waals surface area contributed by atoms with E-state index in [1.165, 1.54) is 82.7 Å². The Kier molecular flexibility index (Phi) is 20.0. The quantitative estimate of drug-likeness (QED) is 0.0296. The lowest BCUT2D eigenvalue weighted by atomic mass is 10.1. The standard InChI is InChI=1S/C48H45Cl5N8O8/c1-26(62)43(60-58-30-11-14-36(52)34(24-30)45(64)56-39-7-5-9-41(68-3)32(39)18-21-50)47(66)54-29-13-16-38(28(23-29)17-20-49)55-48(67)44(27(2)63)61-59-31-12-15-37(53)35(25-31)46(65)57-40-8-6-10-42(69-4)33(40)19-22-51/h5-16,23-25,43-44H,17-22H2,1-4H3,(H,54,66)(H,55,67)(H,56,64)(H,57,65). The summed E-state index contributed by atoms with van der Waals surface area (Å²) in [4.78, 5) is 79.2. The predicted octanol–water partition coefficient (Wildman–Crippen LogP) is 11.2. The van der Waals surface area contributed by atoms with Gasteiger partial charge in [0.2, 0.25) is 12.1 Å². The van der Waals surface area contributed by atoms with Crippen molar-refractivity contribution < 1.29 is 38.2 Å². The van der Waals surface area contributed by atoms with Gasteiger partial charge in [-0.05, 0) is 118 Å². The van der Waals surface area contributed by atoms with Crippen molar-refractivity contribution in [2.24, 2.45) is 20.5 Å². The number of hydrogen-bond acceptors (Lipinski definition) is 12. The molecule has 360 valence electrons. The number of alkyl halides is 3. The molecule has 0 saturated carbocycles. The molecular weight excluding hydrogens is 994 g/mol. The fourth-order valence-corrected chi connectivity index (χ4v) is 7.72. The Morgan fingerprint density at radius 3 is 1.41 bits per heavy atom. The molecule has 5 rings (SSSR count). The summed E-state index contributed by atoms with van der Waals surface area (Å²) in [7, 11) is 3.02. The maximum atomic E-state index is 13.5. The van der Waals surface area contributed by atoms with Gasteiger partial charge in [0.1, 0.15) is 11.5 Å². The first kappa shape index (κ1) is 53.5. The molecule has 2 atom stereocenters. The number of ketones is 2. The number of aryl methyl sites for hydroxylation is 1. The van der Waals surface area contributed by atoms with Gasteiger partial charge in [0, 0.05) is 51.5 Å². The zero-order valence-electron chi connectivity index (χ0n) is 37.5. The Morgan fingerprint density at radius 2 is 0.986 bits per heavy atom. The Morgan fingerprint density at radius 1 is 0.536 bits per heavy atom. The molecule has 0 heterocycles. The summed E-state index contributed by atoms with van der Waals surface area (Å²) in [5, 5.41) is 27.4. The Bertz CT molecular complexity index is 2810. The fourth-order valence-electron chi connectivity index (χ4n) is 6.73. The summed E-state index contributed by atoms with van der Waals surface area (Å²) in [5.74, 6) is -2.28. The third-order valence-corrected chi connectivity index (χ3v) is 11.3. The number of halogens is 5. The summed E-state index contributed by atoms with van der Waals surface area (Å²) in [6.07, 6.45) is 1.05. The molecule has 2 unspecified atom stereocenters. The maximum Gasteiger partial charge on any atom is 0.258 e. The van der Waals surface area contributed by atoms with Crippen molar-refractivity contribution in [3.63, 3.8) is 0 Å². The number of nitrogens with one attached hydrogen (secondary N) is 4. The number of methoxy groups -OCH3 is 2. The van der Waals surface area contributed by atoms with E-state index in [0.29, 0.717) is 52.4 Å². The number of azo groups is 2. The molecule has 0 spiro atoms. The molecule has 0 bridgehead atoms. The number of anilines is 4. The zero-order chi connectivity index (χ0) is 50.2. The number of benzene rings is 5. The van der Waals surface area contributed by atoms with Crippen LogP contribution in [0.3, 0.4) is 0 Å². The molecule has 0 saturated heterocycles. The normalized spacial score (nSPS) is 12.0. The molecule has 0 aliphatic carbocycles. The Labute approximate surface area is 422 Å². The van der Waals surface area contributed by atoms with E-state index in [-0.39, 0.29) is 68.0 Å². The van der Waals surface area contributed by atoms with Crippen molar-refractivity contribution in [1.82, 2.24) is 0 Å². The minimum atomic E-state index is -1.61. The van der Waals surface area contributed by atoms with Crippen LogP contribution in [0.15, 0.2) is 111 Å². The highest BCUT2D eigenvalue weighted by Crippen LogP contribution is 2.32. The lowest BCUT2D eigenvalue weighted by Crippen LogP contribution is -2.32. The van der Waals surface area contributed by atoms with E-state index in [2.05, 4.69) is 41.7 Å². The number of amides is 4. The number of nitrogens with zero attached hydrogens (tertiary/aromatic N) is 4. The molecule has 5 aromatic carbocycles. The Balaban J connectivity index is 1.28. The lowest BCUT2D eigenvalue weighted by molar-refractivity contribution is -0.127. The number of Topliss-reactive ketones (excluding diaryl/α,β-unsaturated/α-hetero) is 2. The number of ether oxygens (including phenoxy) is 2. The summed E-state index contributed by atoms with van der Waals surface area (Å²) in [6, 6.07) is 20.1. The molecule has 16 nitrogen and oxygen atoms in total. The first-order chi connectivity index (χ1) is 33.1. The number of carbonyl (C=O) groups excluding carboxylic acids is 6. The van der Waals surface area contributed by atoms with Gasteiger partial charge in [-0.3, -0.25) is 28.8 Å². The first-order valence-corrected chi connectivity index (χ1v) is 23.3. The van der Waals surface area contributed by atoms with Gasteiger partial charge >= 0.3 is 0 Å². The number of hydrogen-bond donors (Lipinski definition) is 4. The average molecular weight is 1040 g/mol. The van der Waals surface area contributed by atoms with Gasteiger partial charge in [-0.25, -0.2) is 0 Å². The fraction of sp³-hybridized carbons (Fsp3) is 0.250. The van der Waals surface area contributed by atoms with E-state index in [9.17, 15) is 28.8 Å². The SMILES string of the molecule is COc1cccc(NC(=O)c2cc(N=NC(C(C)=O)C(=O)Nc3ccc(NC(=O)C(N=Nc4ccc(Cl)c(C(=O)Nc5cccc(OC)c5CCCl)c4)C(C)=O)c(CCCl)c3)ccc2Cl)c1CCCl. The van der Waals surface area contributed by atoms with E-state index >= 15 is 0 Å². The van der Waals surface area contributed by atoms with Gasteiger partial charge in [0.15, 0.2) is 11.6 Å². The highest BCUT2D eigenvalue weighted by atomic mass is 35.5. The van der Waals surface area contributed by atoms with Crippen LogP contribution in [0.4, 0.5) is 34.1 Å². The third-order valence-electron chi connectivity index (χ3n) is 10.1. The van der Waals surface area contributed by atoms with Crippen molar-refractivity contribution >= 4 is 127 Å². The van der Waals surface area contributed by atoms with Gasteiger partial charge in [0.25, 0.3) is 23.6 Å². The van der Waals surface area contributed by atoms with E-state index < -0.39 is 47.3 Å². The molecule has 4 N–H and O–H groups in total. The van der Waals surface area contributed by atoms with Crippen molar-refractivity contribution in [3.05, 3.63) is 129 Å². The molecule has 69 heavy (non-hydrogen) atoms. The van der Waals surface area contributed by atoms with Crippen LogP contribution >= 0.6 is 58.0 Å². The van der Waals surface area contributed by atoms with Gasteiger partial charge in [-0.2, -0.15) is 20.5 Å². The van der Waals surface area contributed by atoms with Crippen molar-refractivity contribution in [3.8, 4) is 11.5 Å². The molecule has 0 aromatic heterocycles. The molecular formula is C48H45Cl5N8O8. The van der Waals surface area contributed by atoms with E-state index in [0.717, 1.165) is 0 Å². The average Bonchev–Trinajstić information content (AvgIpc) is 3.31. The van der Waals surface area contributed by atoms with Crippen molar-refractivity contribution in [2.75, 3.05) is 53.1 Å².